The molecule has 108 valence electrons. The number of carbonyl (C=O) groups is 1. The number of aliphatic hydroxyl groups excluding tert-OH is 1. The van der Waals surface area contributed by atoms with E-state index in [-0.39, 0.29) is 12.2 Å². The molecule has 0 saturated carbocycles. The van der Waals surface area contributed by atoms with Crippen molar-refractivity contribution in [3.05, 3.63) is 29.6 Å². The number of hydrogen-bond acceptors (Lipinski definition) is 3. The van der Waals surface area contributed by atoms with Gasteiger partial charge in [0.15, 0.2) is 0 Å². The minimum Gasteiger partial charge on any atom is -0.478 e. The molecule has 5 nitrogen and oxygen atoms in total. The van der Waals surface area contributed by atoms with E-state index in [9.17, 15) is 4.79 Å². The van der Waals surface area contributed by atoms with Crippen LogP contribution in [-0.4, -0.2) is 32.3 Å². The van der Waals surface area contributed by atoms with Crippen LogP contribution in [0.15, 0.2) is 18.2 Å². The van der Waals surface area contributed by atoms with E-state index in [2.05, 4.69) is 16.5 Å². The molecule has 2 aromatic rings. The van der Waals surface area contributed by atoms with Crippen LogP contribution in [0.5, 0.6) is 0 Å². The highest BCUT2D eigenvalue weighted by molar-refractivity contribution is 5.92. The third-order valence-corrected chi connectivity index (χ3v) is 3.51. The summed E-state index contributed by atoms with van der Waals surface area (Å²) in [5.41, 5.74) is 1.95. The van der Waals surface area contributed by atoms with Gasteiger partial charge < -0.3 is 14.8 Å². The summed E-state index contributed by atoms with van der Waals surface area (Å²) in [7, 11) is 0. The van der Waals surface area contributed by atoms with E-state index in [1.165, 1.54) is 0 Å². The Morgan fingerprint density at radius 2 is 2.20 bits per heavy atom. The number of aromatic carboxylic acids is 1. The molecule has 5 heteroatoms. The van der Waals surface area contributed by atoms with Crippen LogP contribution in [-0.2, 0) is 13.0 Å². The van der Waals surface area contributed by atoms with Gasteiger partial charge in [0.05, 0.1) is 16.6 Å². The molecule has 2 N–H and O–H groups in total. The molecule has 0 aliphatic heterocycles. The first-order valence-electron chi connectivity index (χ1n) is 6.90. The van der Waals surface area contributed by atoms with Gasteiger partial charge in [-0.1, -0.05) is 13.8 Å². The van der Waals surface area contributed by atoms with Crippen LogP contribution in [0.2, 0.25) is 0 Å². The van der Waals surface area contributed by atoms with Crippen molar-refractivity contribution in [3.8, 4) is 0 Å². The molecular formula is C15H20N2O3. The van der Waals surface area contributed by atoms with E-state index in [0.29, 0.717) is 5.92 Å². The SMILES string of the molecule is CCc1nc2ccc(C(=O)O)cc2n1CC(C)CCO. The van der Waals surface area contributed by atoms with Crippen LogP contribution in [0.1, 0.15) is 36.5 Å². The second kappa shape index (κ2) is 6.05. The molecule has 0 fully saturated rings. The molecule has 0 amide bonds. The lowest BCUT2D eigenvalue weighted by molar-refractivity contribution is 0.0697. The van der Waals surface area contributed by atoms with Crippen LogP contribution >= 0.6 is 0 Å². The predicted molar refractivity (Wildman–Crippen MR) is 76.9 cm³/mol. The predicted octanol–water partition coefficient (Wildman–Crippen LogP) is 2.32. The van der Waals surface area contributed by atoms with Crippen molar-refractivity contribution in [3.63, 3.8) is 0 Å². The van der Waals surface area contributed by atoms with Crippen molar-refractivity contribution in [2.24, 2.45) is 5.92 Å². The number of imidazole rings is 1. The van der Waals surface area contributed by atoms with Gasteiger partial charge in [0.25, 0.3) is 0 Å². The number of aryl methyl sites for hydroxylation is 1. The fraction of sp³-hybridized carbons (Fsp3) is 0.467. The van der Waals surface area contributed by atoms with Crippen molar-refractivity contribution in [2.45, 2.75) is 33.2 Å². The first-order valence-corrected chi connectivity index (χ1v) is 6.90. The average Bonchev–Trinajstić information content (AvgIpc) is 2.76. The first-order chi connectivity index (χ1) is 9.56. The molecule has 0 radical (unpaired) electrons. The van der Waals surface area contributed by atoms with Crippen molar-refractivity contribution >= 4 is 17.0 Å². The monoisotopic (exact) mass is 276 g/mol. The second-order valence-electron chi connectivity index (χ2n) is 5.12. The zero-order chi connectivity index (χ0) is 14.7. The van der Waals surface area contributed by atoms with Gasteiger partial charge in [0, 0.05) is 19.6 Å². The number of hydrogen-bond donors (Lipinski definition) is 2. The van der Waals surface area contributed by atoms with Gasteiger partial charge in [0.1, 0.15) is 5.82 Å². The van der Waals surface area contributed by atoms with E-state index in [1.54, 1.807) is 18.2 Å². The van der Waals surface area contributed by atoms with Crippen LogP contribution in [0.4, 0.5) is 0 Å². The van der Waals surface area contributed by atoms with Gasteiger partial charge in [-0.15, -0.1) is 0 Å². The summed E-state index contributed by atoms with van der Waals surface area (Å²) in [4.78, 5) is 15.6. The Balaban J connectivity index is 2.48. The Morgan fingerprint density at radius 1 is 1.45 bits per heavy atom. The molecule has 0 bridgehead atoms. The maximum Gasteiger partial charge on any atom is 0.335 e. The van der Waals surface area contributed by atoms with Crippen molar-refractivity contribution < 1.29 is 15.0 Å². The molecule has 0 aliphatic carbocycles. The standard InChI is InChI=1S/C15H20N2O3/c1-3-14-16-12-5-4-11(15(19)20)8-13(12)17(14)9-10(2)6-7-18/h4-5,8,10,18H,3,6-7,9H2,1-2H3,(H,19,20). The average molecular weight is 276 g/mol. The molecular weight excluding hydrogens is 256 g/mol. The van der Waals surface area contributed by atoms with Crippen LogP contribution in [0, 0.1) is 5.92 Å². The fourth-order valence-corrected chi connectivity index (χ4v) is 2.40. The smallest absolute Gasteiger partial charge is 0.335 e. The van der Waals surface area contributed by atoms with Crippen molar-refractivity contribution in [2.75, 3.05) is 6.61 Å². The normalized spacial score (nSPS) is 12.8. The van der Waals surface area contributed by atoms with Gasteiger partial charge in [-0.2, -0.15) is 0 Å². The van der Waals surface area contributed by atoms with Crippen LogP contribution in [0.25, 0.3) is 11.0 Å². The summed E-state index contributed by atoms with van der Waals surface area (Å²) in [5, 5.41) is 18.1. The third-order valence-electron chi connectivity index (χ3n) is 3.51. The van der Waals surface area contributed by atoms with E-state index in [4.69, 9.17) is 10.2 Å². The van der Waals surface area contributed by atoms with E-state index >= 15 is 0 Å². The minimum atomic E-state index is -0.930. The lowest BCUT2D eigenvalue weighted by Gasteiger charge is -2.14. The molecule has 1 heterocycles. The Bertz CT molecular complexity index is 619. The molecule has 20 heavy (non-hydrogen) atoms. The summed E-state index contributed by atoms with van der Waals surface area (Å²) in [6.45, 7) is 5.01. The van der Waals surface area contributed by atoms with E-state index in [0.717, 1.165) is 36.2 Å². The summed E-state index contributed by atoms with van der Waals surface area (Å²) < 4.78 is 2.07. The topological polar surface area (TPSA) is 75.3 Å². The molecule has 0 saturated heterocycles. The Kier molecular flexibility index (Phi) is 4.39. The number of carboxylic acids is 1. The molecule has 1 unspecified atom stereocenters. The first kappa shape index (κ1) is 14.5. The highest BCUT2D eigenvalue weighted by atomic mass is 16.4. The van der Waals surface area contributed by atoms with Gasteiger partial charge in [-0.25, -0.2) is 9.78 Å². The molecule has 2 rings (SSSR count). The Morgan fingerprint density at radius 3 is 2.80 bits per heavy atom. The number of carboxylic acid groups (broad SMARTS) is 1. The number of benzene rings is 1. The highest BCUT2D eigenvalue weighted by Gasteiger charge is 2.14. The second-order valence-corrected chi connectivity index (χ2v) is 5.12. The lowest BCUT2D eigenvalue weighted by Crippen LogP contribution is -2.12. The maximum atomic E-state index is 11.1. The lowest BCUT2D eigenvalue weighted by atomic mass is 10.1. The Hall–Kier alpha value is -1.88. The van der Waals surface area contributed by atoms with Gasteiger partial charge >= 0.3 is 5.97 Å². The zero-order valence-corrected chi connectivity index (χ0v) is 11.8. The summed E-state index contributed by atoms with van der Waals surface area (Å²) in [5.74, 6) is 0.338. The van der Waals surface area contributed by atoms with E-state index < -0.39 is 5.97 Å². The van der Waals surface area contributed by atoms with Gasteiger partial charge in [-0.3, -0.25) is 0 Å². The summed E-state index contributed by atoms with van der Waals surface area (Å²) >= 11 is 0. The molecule has 1 atom stereocenters. The maximum absolute atomic E-state index is 11.1. The van der Waals surface area contributed by atoms with Crippen molar-refractivity contribution in [1.82, 2.24) is 9.55 Å². The number of fused-ring (bicyclic) bond motifs is 1. The summed E-state index contributed by atoms with van der Waals surface area (Å²) in [6, 6.07) is 5.01. The summed E-state index contributed by atoms with van der Waals surface area (Å²) in [6.07, 6.45) is 1.52. The number of aromatic nitrogens is 2. The molecule has 1 aromatic heterocycles. The van der Waals surface area contributed by atoms with Gasteiger partial charge in [-0.05, 0) is 30.5 Å². The fourth-order valence-electron chi connectivity index (χ4n) is 2.40. The van der Waals surface area contributed by atoms with Gasteiger partial charge in [0.2, 0.25) is 0 Å². The number of nitrogens with zero attached hydrogens (tertiary/aromatic N) is 2. The van der Waals surface area contributed by atoms with E-state index in [1.807, 2.05) is 6.92 Å². The van der Waals surface area contributed by atoms with Crippen LogP contribution in [0.3, 0.4) is 0 Å². The highest BCUT2D eigenvalue weighted by Crippen LogP contribution is 2.21. The zero-order valence-electron chi connectivity index (χ0n) is 11.8. The Labute approximate surface area is 117 Å². The van der Waals surface area contributed by atoms with Crippen LogP contribution < -0.4 is 0 Å². The number of aliphatic hydroxyl groups is 1. The number of rotatable bonds is 6. The quantitative estimate of drug-likeness (QED) is 0.849. The largest absolute Gasteiger partial charge is 0.478 e. The third kappa shape index (κ3) is 2.82. The molecule has 0 spiro atoms. The van der Waals surface area contributed by atoms with Crippen molar-refractivity contribution in [1.29, 1.82) is 0 Å². The molecule has 0 aliphatic rings. The molecule has 1 aromatic carbocycles. The minimum absolute atomic E-state index is 0.162.